The second-order valence-electron chi connectivity index (χ2n) is 14.5. The third kappa shape index (κ3) is 5.34. The molecule has 0 saturated heterocycles. The number of rotatable bonds is 6. The van der Waals surface area contributed by atoms with E-state index in [9.17, 15) is 0 Å². The van der Waals surface area contributed by atoms with Crippen LogP contribution in [0.5, 0.6) is 0 Å². The van der Waals surface area contributed by atoms with Crippen LogP contribution in [-0.4, -0.2) is 0 Å². The van der Waals surface area contributed by atoms with E-state index in [0.717, 1.165) is 39.2 Å². The smallest absolute Gasteiger partial charge is 0.136 e. The highest BCUT2D eigenvalue weighted by Crippen LogP contribution is 2.44. The monoisotopic (exact) mass is 713 g/mol. The molecule has 56 heavy (non-hydrogen) atoms. The number of fused-ring (bicyclic) bond motifs is 10. The van der Waals surface area contributed by atoms with Crippen molar-refractivity contribution in [2.75, 3.05) is 4.90 Å². The molecule has 0 radical (unpaired) electrons. The van der Waals surface area contributed by atoms with Crippen LogP contribution in [0.25, 0.3) is 87.6 Å². The molecule has 2 nitrogen and oxygen atoms in total. The maximum absolute atomic E-state index is 6.38. The Balaban J connectivity index is 1.09. The lowest BCUT2D eigenvalue weighted by Gasteiger charge is -2.27. The Kier molecular flexibility index (Phi) is 7.53. The van der Waals surface area contributed by atoms with Gasteiger partial charge in [0.1, 0.15) is 11.2 Å². The topological polar surface area (TPSA) is 16.4 Å². The molecular weight excluding hydrogens is 679 g/mol. The highest BCUT2D eigenvalue weighted by molar-refractivity contribution is 6.34. The summed E-state index contributed by atoms with van der Waals surface area (Å²) in [7, 11) is 0. The molecule has 11 rings (SSSR count). The summed E-state index contributed by atoms with van der Waals surface area (Å²) in [6.07, 6.45) is 0. The summed E-state index contributed by atoms with van der Waals surface area (Å²) < 4.78 is 6.38. The number of hydrogen-bond acceptors (Lipinski definition) is 2. The first-order valence-corrected chi connectivity index (χ1v) is 19.2. The van der Waals surface area contributed by atoms with E-state index >= 15 is 0 Å². The zero-order valence-corrected chi connectivity index (χ0v) is 30.6. The lowest BCUT2D eigenvalue weighted by atomic mass is 9.90. The molecule has 1 aromatic heterocycles. The van der Waals surface area contributed by atoms with Gasteiger partial charge in [-0.3, -0.25) is 0 Å². The molecule has 0 N–H and O–H groups in total. The molecule has 0 saturated carbocycles. The Morgan fingerprint density at radius 3 is 1.45 bits per heavy atom. The highest BCUT2D eigenvalue weighted by atomic mass is 16.3. The summed E-state index contributed by atoms with van der Waals surface area (Å²) in [6.45, 7) is 0. The molecule has 0 aliphatic carbocycles. The summed E-state index contributed by atoms with van der Waals surface area (Å²) >= 11 is 0. The van der Waals surface area contributed by atoms with Crippen molar-refractivity contribution in [1.82, 2.24) is 0 Å². The van der Waals surface area contributed by atoms with Crippen molar-refractivity contribution in [3.63, 3.8) is 0 Å². The van der Waals surface area contributed by atoms with Gasteiger partial charge in [-0.1, -0.05) is 152 Å². The Morgan fingerprint density at radius 1 is 0.250 bits per heavy atom. The van der Waals surface area contributed by atoms with Gasteiger partial charge in [0.2, 0.25) is 0 Å². The largest absolute Gasteiger partial charge is 0.456 e. The van der Waals surface area contributed by atoms with Crippen LogP contribution in [0.2, 0.25) is 0 Å². The minimum Gasteiger partial charge on any atom is -0.456 e. The van der Waals surface area contributed by atoms with Gasteiger partial charge in [-0.2, -0.15) is 0 Å². The number of hydrogen-bond donors (Lipinski definition) is 0. The van der Waals surface area contributed by atoms with Crippen molar-refractivity contribution >= 4 is 71.3 Å². The van der Waals surface area contributed by atoms with E-state index in [1.165, 1.54) is 65.5 Å². The number of para-hydroxylation sites is 1. The van der Waals surface area contributed by atoms with Crippen LogP contribution in [-0.2, 0) is 0 Å². The third-order valence-electron chi connectivity index (χ3n) is 11.2. The van der Waals surface area contributed by atoms with E-state index in [4.69, 9.17) is 4.42 Å². The zero-order valence-electron chi connectivity index (χ0n) is 30.6. The Morgan fingerprint density at radius 2 is 0.732 bits per heavy atom. The molecule has 0 bridgehead atoms. The summed E-state index contributed by atoms with van der Waals surface area (Å²) in [4.78, 5) is 2.37. The van der Waals surface area contributed by atoms with Crippen LogP contribution in [0.4, 0.5) is 17.1 Å². The van der Waals surface area contributed by atoms with Gasteiger partial charge in [-0.15, -0.1) is 0 Å². The van der Waals surface area contributed by atoms with Crippen LogP contribution in [0.15, 0.2) is 217 Å². The molecule has 0 atom stereocenters. The molecule has 0 aliphatic rings. The summed E-state index contributed by atoms with van der Waals surface area (Å²) in [5.41, 5.74) is 12.2. The van der Waals surface area contributed by atoms with E-state index in [-0.39, 0.29) is 0 Å². The molecule has 0 fully saturated rings. The van der Waals surface area contributed by atoms with E-state index < -0.39 is 0 Å². The predicted octanol–water partition coefficient (Wildman–Crippen LogP) is 15.5. The molecular formula is C54H35NO. The number of benzene rings is 10. The lowest BCUT2D eigenvalue weighted by molar-refractivity contribution is 0.669. The number of nitrogens with zero attached hydrogens (tertiary/aromatic N) is 1. The molecule has 2 heteroatoms. The normalized spacial score (nSPS) is 11.6. The van der Waals surface area contributed by atoms with Gasteiger partial charge >= 0.3 is 0 Å². The van der Waals surface area contributed by atoms with Crippen LogP contribution in [0.3, 0.4) is 0 Å². The average molecular weight is 714 g/mol. The van der Waals surface area contributed by atoms with Gasteiger partial charge in [0, 0.05) is 33.2 Å². The fourth-order valence-corrected chi connectivity index (χ4v) is 8.60. The van der Waals surface area contributed by atoms with Gasteiger partial charge in [0.15, 0.2) is 0 Å². The first-order valence-electron chi connectivity index (χ1n) is 19.2. The zero-order chi connectivity index (χ0) is 37.0. The van der Waals surface area contributed by atoms with Crippen molar-refractivity contribution < 1.29 is 4.42 Å². The second kappa shape index (κ2) is 13.2. The summed E-state index contributed by atoms with van der Waals surface area (Å²) in [5, 5.41) is 9.77. The molecule has 1 heterocycles. The molecule has 0 spiro atoms. The van der Waals surface area contributed by atoms with Gasteiger partial charge in [-0.25, -0.2) is 0 Å². The number of furan rings is 1. The quantitative estimate of drug-likeness (QED) is 0.160. The minimum absolute atomic E-state index is 0.915. The molecule has 11 aromatic rings. The average Bonchev–Trinajstić information content (AvgIpc) is 3.66. The Bertz CT molecular complexity index is 3230. The van der Waals surface area contributed by atoms with Crippen molar-refractivity contribution in [2.24, 2.45) is 0 Å². The van der Waals surface area contributed by atoms with Crippen LogP contribution < -0.4 is 4.90 Å². The first-order chi connectivity index (χ1) is 27.8. The summed E-state index contributed by atoms with van der Waals surface area (Å²) in [5.74, 6) is 0. The number of anilines is 3. The Hall–Kier alpha value is -7.42. The van der Waals surface area contributed by atoms with Gasteiger partial charge < -0.3 is 9.32 Å². The van der Waals surface area contributed by atoms with Gasteiger partial charge in [0.25, 0.3) is 0 Å². The maximum atomic E-state index is 6.38. The summed E-state index contributed by atoms with van der Waals surface area (Å²) in [6, 6.07) is 76.4. The van der Waals surface area contributed by atoms with Gasteiger partial charge in [-0.05, 0) is 121 Å². The van der Waals surface area contributed by atoms with Crippen molar-refractivity contribution in [2.45, 2.75) is 0 Å². The SMILES string of the molecule is c1ccc(-c2ccc(N(c3cccc(-c4ccccc4)c3)c3cccc(-c4ccc5c6ccccc6c6c(ccc7oc8ccccc8c76)c5c4)c3)cc2)cc1. The minimum atomic E-state index is 0.915. The fourth-order valence-electron chi connectivity index (χ4n) is 8.60. The molecule has 0 aliphatic heterocycles. The fraction of sp³-hybridized carbons (Fsp3) is 0. The van der Waals surface area contributed by atoms with Crippen molar-refractivity contribution in [1.29, 1.82) is 0 Å². The molecule has 0 unspecified atom stereocenters. The van der Waals surface area contributed by atoms with Gasteiger partial charge in [0.05, 0.1) is 0 Å². The maximum Gasteiger partial charge on any atom is 0.136 e. The van der Waals surface area contributed by atoms with E-state index in [1.807, 2.05) is 6.07 Å². The van der Waals surface area contributed by atoms with Crippen molar-refractivity contribution in [3.8, 4) is 33.4 Å². The Labute approximate surface area is 325 Å². The highest BCUT2D eigenvalue weighted by Gasteiger charge is 2.18. The second-order valence-corrected chi connectivity index (χ2v) is 14.5. The third-order valence-corrected chi connectivity index (χ3v) is 11.2. The molecule has 10 aromatic carbocycles. The standard InChI is InChI=1S/C54H35NO/c1-3-13-36(14-4-1)38-25-28-42(29-26-38)55(43-19-11-17-39(33-43)37-15-5-2-6-16-37)44-20-12-18-40(34-44)41-27-30-46-45-21-7-8-22-47(45)53-48(50(46)35-41)31-32-52-54(53)49-23-9-10-24-51(49)56-52/h1-35H. The van der Waals surface area contributed by atoms with Crippen LogP contribution >= 0.6 is 0 Å². The van der Waals surface area contributed by atoms with Crippen LogP contribution in [0, 0.1) is 0 Å². The van der Waals surface area contributed by atoms with E-state index in [1.54, 1.807) is 0 Å². The van der Waals surface area contributed by atoms with E-state index in [2.05, 4.69) is 211 Å². The molecule has 0 amide bonds. The van der Waals surface area contributed by atoms with E-state index in [0.29, 0.717) is 0 Å². The predicted molar refractivity (Wildman–Crippen MR) is 237 cm³/mol. The lowest BCUT2D eigenvalue weighted by Crippen LogP contribution is -2.10. The van der Waals surface area contributed by atoms with Crippen molar-refractivity contribution in [3.05, 3.63) is 212 Å². The van der Waals surface area contributed by atoms with Crippen LogP contribution in [0.1, 0.15) is 0 Å². The first kappa shape index (κ1) is 32.0. The molecule has 262 valence electrons.